The third kappa shape index (κ3) is 4.77. The molecule has 1 aliphatic heterocycles. The summed E-state index contributed by atoms with van der Waals surface area (Å²) in [6.07, 6.45) is 3.10. The summed E-state index contributed by atoms with van der Waals surface area (Å²) in [5.74, 6) is -0.616. The number of nitrogens with two attached hydrogens (primary N) is 2. The number of aromatic nitrogens is 2. The minimum absolute atomic E-state index is 0.0896. The molecule has 3 rings (SSSR count). The molecular formula is C20H27N7O3. The van der Waals surface area contributed by atoms with Gasteiger partial charge < -0.3 is 26.3 Å². The highest BCUT2D eigenvalue weighted by Crippen LogP contribution is 2.26. The average molecular weight is 413 g/mol. The monoisotopic (exact) mass is 413 g/mol. The van der Waals surface area contributed by atoms with Crippen LogP contribution in [0.15, 0.2) is 30.6 Å². The van der Waals surface area contributed by atoms with Crippen molar-refractivity contribution in [2.75, 3.05) is 44.8 Å². The first-order chi connectivity index (χ1) is 14.3. The molecule has 0 aliphatic carbocycles. The SMILES string of the molecule is CN(C)C(=O)c1cccc(NC(=O)CN2CCC(n3cnc(C(N)=O)c3N)CC2)c1. The molecule has 3 amide bonds. The molecule has 0 atom stereocenters. The second-order valence-corrected chi connectivity index (χ2v) is 7.59. The van der Waals surface area contributed by atoms with Crippen molar-refractivity contribution in [3.8, 4) is 0 Å². The number of benzene rings is 1. The molecule has 0 saturated carbocycles. The van der Waals surface area contributed by atoms with Crippen molar-refractivity contribution in [1.82, 2.24) is 19.4 Å². The van der Waals surface area contributed by atoms with Gasteiger partial charge in [0.05, 0.1) is 12.9 Å². The number of anilines is 2. The number of nitrogens with zero attached hydrogens (tertiary/aromatic N) is 4. The van der Waals surface area contributed by atoms with Crippen molar-refractivity contribution in [3.05, 3.63) is 41.9 Å². The zero-order chi connectivity index (χ0) is 21.8. The van der Waals surface area contributed by atoms with Crippen LogP contribution in [0, 0.1) is 0 Å². The smallest absolute Gasteiger partial charge is 0.271 e. The van der Waals surface area contributed by atoms with Gasteiger partial charge in [0.15, 0.2) is 5.69 Å². The van der Waals surface area contributed by atoms with Crippen LogP contribution in [0.25, 0.3) is 0 Å². The Kier molecular flexibility index (Phi) is 6.36. The summed E-state index contributed by atoms with van der Waals surface area (Å²) in [5, 5.41) is 2.85. The number of nitrogens with one attached hydrogen (secondary N) is 1. The maximum atomic E-state index is 12.4. The fraction of sp³-hybridized carbons (Fsp3) is 0.400. The van der Waals surface area contributed by atoms with E-state index < -0.39 is 5.91 Å². The van der Waals surface area contributed by atoms with E-state index in [0.717, 1.165) is 12.8 Å². The van der Waals surface area contributed by atoms with Gasteiger partial charge in [0.25, 0.3) is 11.8 Å². The lowest BCUT2D eigenvalue weighted by Gasteiger charge is -2.32. The van der Waals surface area contributed by atoms with Crippen molar-refractivity contribution in [2.24, 2.45) is 5.73 Å². The van der Waals surface area contributed by atoms with E-state index in [9.17, 15) is 14.4 Å². The molecule has 1 aromatic carbocycles. The second-order valence-electron chi connectivity index (χ2n) is 7.59. The number of nitrogen functional groups attached to an aromatic ring is 1. The number of primary amides is 1. The Balaban J connectivity index is 1.53. The molecule has 0 bridgehead atoms. The minimum atomic E-state index is -0.642. The number of hydrogen-bond donors (Lipinski definition) is 3. The Morgan fingerprint density at radius 1 is 1.23 bits per heavy atom. The summed E-state index contributed by atoms with van der Waals surface area (Å²) in [6, 6.07) is 7.00. The predicted molar refractivity (Wildman–Crippen MR) is 113 cm³/mol. The maximum absolute atomic E-state index is 12.4. The molecular weight excluding hydrogens is 386 g/mol. The summed E-state index contributed by atoms with van der Waals surface area (Å²) < 4.78 is 1.78. The third-order valence-corrected chi connectivity index (χ3v) is 5.18. The van der Waals surface area contributed by atoms with E-state index in [1.54, 1.807) is 49.3 Å². The molecule has 160 valence electrons. The molecule has 0 unspecified atom stereocenters. The van der Waals surface area contributed by atoms with E-state index in [-0.39, 0.29) is 35.9 Å². The zero-order valence-corrected chi connectivity index (χ0v) is 17.2. The Hall–Kier alpha value is -3.40. The van der Waals surface area contributed by atoms with E-state index in [2.05, 4.69) is 15.2 Å². The van der Waals surface area contributed by atoms with Crippen molar-refractivity contribution in [2.45, 2.75) is 18.9 Å². The highest BCUT2D eigenvalue weighted by atomic mass is 16.2. The standard InChI is InChI=1S/C20H27N7O3/c1-25(2)20(30)13-4-3-5-14(10-13)24-16(28)11-26-8-6-15(7-9-26)27-12-23-17(18(27)21)19(22)29/h3-5,10,12,15H,6-9,11,21H2,1-2H3,(H2,22,29)(H,24,28). The number of rotatable bonds is 6. The van der Waals surface area contributed by atoms with E-state index in [1.807, 2.05) is 0 Å². The molecule has 10 heteroatoms. The van der Waals surface area contributed by atoms with Gasteiger partial charge in [-0.3, -0.25) is 19.3 Å². The molecule has 2 aromatic rings. The molecule has 0 spiro atoms. The van der Waals surface area contributed by atoms with Gasteiger partial charge in [0.1, 0.15) is 5.82 Å². The van der Waals surface area contributed by atoms with Crippen LogP contribution in [0.1, 0.15) is 39.7 Å². The van der Waals surface area contributed by atoms with Gasteiger partial charge in [0.2, 0.25) is 5.91 Å². The lowest BCUT2D eigenvalue weighted by molar-refractivity contribution is -0.117. The van der Waals surface area contributed by atoms with Crippen LogP contribution in [0.4, 0.5) is 11.5 Å². The maximum Gasteiger partial charge on any atom is 0.271 e. The number of likely N-dealkylation sites (tertiary alicyclic amines) is 1. The predicted octanol–water partition coefficient (Wildman–Crippen LogP) is 0.542. The van der Waals surface area contributed by atoms with Crippen molar-refractivity contribution < 1.29 is 14.4 Å². The number of carbonyl (C=O) groups excluding carboxylic acids is 3. The van der Waals surface area contributed by atoms with E-state index >= 15 is 0 Å². The van der Waals surface area contributed by atoms with Gasteiger partial charge in [-0.2, -0.15) is 0 Å². The summed E-state index contributed by atoms with van der Waals surface area (Å²) in [4.78, 5) is 43.4. The normalized spacial score (nSPS) is 15.0. The molecule has 1 aromatic heterocycles. The van der Waals surface area contributed by atoms with Gasteiger partial charge in [-0.15, -0.1) is 0 Å². The average Bonchev–Trinajstić information content (AvgIpc) is 3.09. The fourth-order valence-corrected chi connectivity index (χ4v) is 3.60. The fourth-order valence-electron chi connectivity index (χ4n) is 3.60. The summed E-state index contributed by atoms with van der Waals surface area (Å²) in [5.41, 5.74) is 12.5. The van der Waals surface area contributed by atoms with Crippen LogP contribution in [0.2, 0.25) is 0 Å². The molecule has 1 saturated heterocycles. The van der Waals surface area contributed by atoms with Crippen molar-refractivity contribution >= 4 is 29.2 Å². The van der Waals surface area contributed by atoms with Gasteiger partial charge in [0, 0.05) is 44.5 Å². The van der Waals surface area contributed by atoms with Crippen LogP contribution in [-0.2, 0) is 4.79 Å². The van der Waals surface area contributed by atoms with Crippen LogP contribution in [-0.4, -0.2) is 70.8 Å². The lowest BCUT2D eigenvalue weighted by atomic mass is 10.0. The van der Waals surface area contributed by atoms with Gasteiger partial charge in [-0.25, -0.2) is 4.98 Å². The van der Waals surface area contributed by atoms with Crippen LogP contribution >= 0.6 is 0 Å². The lowest BCUT2D eigenvalue weighted by Crippen LogP contribution is -2.39. The molecule has 2 heterocycles. The first kappa shape index (κ1) is 21.3. The third-order valence-electron chi connectivity index (χ3n) is 5.18. The van der Waals surface area contributed by atoms with Gasteiger partial charge in [-0.1, -0.05) is 6.07 Å². The Morgan fingerprint density at radius 2 is 1.93 bits per heavy atom. The van der Waals surface area contributed by atoms with Crippen molar-refractivity contribution in [1.29, 1.82) is 0 Å². The van der Waals surface area contributed by atoms with E-state index in [1.165, 1.54) is 4.90 Å². The summed E-state index contributed by atoms with van der Waals surface area (Å²) in [7, 11) is 3.37. The minimum Gasteiger partial charge on any atom is -0.383 e. The topological polar surface area (TPSA) is 140 Å². The number of amides is 3. The largest absolute Gasteiger partial charge is 0.383 e. The molecule has 0 radical (unpaired) electrons. The zero-order valence-electron chi connectivity index (χ0n) is 17.2. The first-order valence-electron chi connectivity index (χ1n) is 9.72. The number of piperidine rings is 1. The molecule has 30 heavy (non-hydrogen) atoms. The van der Waals surface area contributed by atoms with Crippen LogP contribution in [0.3, 0.4) is 0 Å². The molecule has 1 aliphatic rings. The van der Waals surface area contributed by atoms with E-state index in [0.29, 0.717) is 24.3 Å². The number of hydrogen-bond acceptors (Lipinski definition) is 6. The van der Waals surface area contributed by atoms with E-state index in [4.69, 9.17) is 11.5 Å². The second kappa shape index (κ2) is 8.95. The van der Waals surface area contributed by atoms with Crippen LogP contribution < -0.4 is 16.8 Å². The Morgan fingerprint density at radius 3 is 2.53 bits per heavy atom. The van der Waals surface area contributed by atoms with Gasteiger partial charge >= 0.3 is 0 Å². The van der Waals surface area contributed by atoms with Crippen LogP contribution in [0.5, 0.6) is 0 Å². The molecule has 10 nitrogen and oxygen atoms in total. The highest BCUT2D eigenvalue weighted by molar-refractivity contribution is 5.97. The number of carbonyl (C=O) groups is 3. The Labute approximate surface area is 174 Å². The van der Waals surface area contributed by atoms with Gasteiger partial charge in [-0.05, 0) is 31.0 Å². The number of imidazole rings is 1. The summed E-state index contributed by atoms with van der Waals surface area (Å²) in [6.45, 7) is 1.67. The highest BCUT2D eigenvalue weighted by Gasteiger charge is 2.25. The molecule has 5 N–H and O–H groups in total. The molecule has 1 fully saturated rings. The summed E-state index contributed by atoms with van der Waals surface area (Å²) >= 11 is 0. The first-order valence-corrected chi connectivity index (χ1v) is 9.72. The van der Waals surface area contributed by atoms with Crippen molar-refractivity contribution in [3.63, 3.8) is 0 Å². The Bertz CT molecular complexity index is 946. The quantitative estimate of drug-likeness (QED) is 0.632.